The lowest BCUT2D eigenvalue weighted by Gasteiger charge is -2.16. The van der Waals surface area contributed by atoms with Gasteiger partial charge in [-0.05, 0) is 13.1 Å². The summed E-state index contributed by atoms with van der Waals surface area (Å²) in [4.78, 5) is 0. The van der Waals surface area contributed by atoms with Crippen molar-refractivity contribution in [2.24, 2.45) is 7.05 Å². The zero-order valence-corrected chi connectivity index (χ0v) is 9.92. The third-order valence-corrected chi connectivity index (χ3v) is 2.72. The largest absolute Gasteiger partial charge is 0.309 e. The van der Waals surface area contributed by atoms with Crippen LogP contribution in [0.4, 0.5) is 13.2 Å². The van der Waals surface area contributed by atoms with Crippen LogP contribution >= 0.6 is 0 Å². The van der Waals surface area contributed by atoms with Crippen molar-refractivity contribution in [1.82, 2.24) is 15.1 Å². The van der Waals surface area contributed by atoms with E-state index in [4.69, 9.17) is 0 Å². The molecule has 96 valence electrons. The van der Waals surface area contributed by atoms with Crippen molar-refractivity contribution >= 4 is 0 Å². The summed E-state index contributed by atoms with van der Waals surface area (Å²) in [5, 5.41) is 6.82. The molecule has 2 rings (SSSR count). The Morgan fingerprint density at radius 2 is 1.94 bits per heavy atom. The number of rotatable bonds is 3. The topological polar surface area (TPSA) is 29.9 Å². The first-order valence-corrected chi connectivity index (χ1v) is 5.33. The fourth-order valence-corrected chi connectivity index (χ4v) is 1.85. The number of halogens is 3. The molecule has 0 radical (unpaired) electrons. The number of aromatic nitrogens is 2. The molecule has 1 aromatic heterocycles. The minimum atomic E-state index is -1.46. The highest BCUT2D eigenvalue weighted by Crippen LogP contribution is 2.26. The van der Waals surface area contributed by atoms with E-state index < -0.39 is 23.5 Å². The fraction of sp³-hybridized carbons (Fsp3) is 0.250. The van der Waals surface area contributed by atoms with Gasteiger partial charge in [-0.25, -0.2) is 13.2 Å². The van der Waals surface area contributed by atoms with E-state index in [1.165, 1.54) is 6.07 Å². The highest BCUT2D eigenvalue weighted by atomic mass is 19.2. The van der Waals surface area contributed by atoms with E-state index in [1.54, 1.807) is 31.2 Å². The lowest BCUT2D eigenvalue weighted by Crippen LogP contribution is -2.19. The first kappa shape index (κ1) is 12.6. The predicted octanol–water partition coefficient (Wildman–Crippen LogP) is 2.15. The van der Waals surface area contributed by atoms with Crippen LogP contribution in [0, 0.1) is 17.5 Å². The van der Waals surface area contributed by atoms with Crippen LogP contribution in [-0.4, -0.2) is 16.8 Å². The number of hydrogen-bond donors (Lipinski definition) is 1. The molecule has 0 saturated heterocycles. The zero-order chi connectivity index (χ0) is 13.3. The normalized spacial score (nSPS) is 12.7. The first-order valence-electron chi connectivity index (χ1n) is 5.33. The maximum absolute atomic E-state index is 13.7. The molecule has 0 aliphatic rings. The third kappa shape index (κ3) is 2.11. The van der Waals surface area contributed by atoms with Crippen molar-refractivity contribution in [3.63, 3.8) is 0 Å². The van der Waals surface area contributed by atoms with Crippen molar-refractivity contribution in [2.45, 2.75) is 6.04 Å². The van der Waals surface area contributed by atoms with Crippen LogP contribution in [0.15, 0.2) is 24.5 Å². The molecule has 0 amide bonds. The smallest absolute Gasteiger partial charge is 0.194 e. The van der Waals surface area contributed by atoms with E-state index in [1.807, 2.05) is 0 Å². The Morgan fingerprint density at radius 3 is 2.50 bits per heavy atom. The fourth-order valence-electron chi connectivity index (χ4n) is 1.85. The molecule has 0 bridgehead atoms. The molecular weight excluding hydrogens is 243 g/mol. The third-order valence-electron chi connectivity index (χ3n) is 2.72. The van der Waals surface area contributed by atoms with Crippen LogP contribution in [0.5, 0.6) is 0 Å². The lowest BCUT2D eigenvalue weighted by atomic mass is 10.0. The van der Waals surface area contributed by atoms with Gasteiger partial charge >= 0.3 is 0 Å². The average molecular weight is 255 g/mol. The van der Waals surface area contributed by atoms with Crippen molar-refractivity contribution in [3.8, 4) is 0 Å². The molecule has 3 nitrogen and oxygen atoms in total. The Morgan fingerprint density at radius 1 is 1.22 bits per heavy atom. The second kappa shape index (κ2) is 4.81. The summed E-state index contributed by atoms with van der Waals surface area (Å²) in [5.41, 5.74) is 0.717. The standard InChI is InChI=1S/C12H12F3N3/c1-16-12(7-5-17-18(2)6-7)8-3-4-9(13)11(15)10(8)14/h3-6,12,16H,1-2H3. The van der Waals surface area contributed by atoms with Crippen LogP contribution in [0.1, 0.15) is 17.2 Å². The minimum Gasteiger partial charge on any atom is -0.309 e. The Kier molecular flexibility index (Phi) is 3.38. The predicted molar refractivity (Wildman–Crippen MR) is 60.4 cm³/mol. The second-order valence-electron chi connectivity index (χ2n) is 3.93. The maximum atomic E-state index is 13.7. The molecule has 18 heavy (non-hydrogen) atoms. The van der Waals surface area contributed by atoms with Crippen LogP contribution in [0.3, 0.4) is 0 Å². The van der Waals surface area contributed by atoms with Crippen LogP contribution in [0.25, 0.3) is 0 Å². The van der Waals surface area contributed by atoms with Gasteiger partial charge in [0.05, 0.1) is 12.2 Å². The van der Waals surface area contributed by atoms with Crippen LogP contribution in [0.2, 0.25) is 0 Å². The quantitative estimate of drug-likeness (QED) is 0.852. The highest BCUT2D eigenvalue weighted by molar-refractivity contribution is 5.31. The molecule has 0 aliphatic carbocycles. The van der Waals surface area contributed by atoms with Gasteiger partial charge in [0.2, 0.25) is 0 Å². The average Bonchev–Trinajstić information content (AvgIpc) is 2.77. The van der Waals surface area contributed by atoms with Gasteiger partial charge in [-0.15, -0.1) is 0 Å². The Balaban J connectivity index is 2.49. The molecule has 6 heteroatoms. The van der Waals surface area contributed by atoms with Crippen molar-refractivity contribution < 1.29 is 13.2 Å². The molecule has 0 fully saturated rings. The minimum absolute atomic E-state index is 0.0457. The molecule has 1 unspecified atom stereocenters. The SMILES string of the molecule is CNC(c1cnn(C)c1)c1ccc(F)c(F)c1F. The molecule has 1 heterocycles. The Labute approximate surface area is 102 Å². The van der Waals surface area contributed by atoms with Crippen LogP contribution < -0.4 is 5.32 Å². The number of hydrogen-bond acceptors (Lipinski definition) is 2. The van der Waals surface area contributed by atoms with Gasteiger partial charge in [0.25, 0.3) is 0 Å². The van der Waals surface area contributed by atoms with Gasteiger partial charge in [0.1, 0.15) is 0 Å². The van der Waals surface area contributed by atoms with Crippen LogP contribution in [-0.2, 0) is 7.05 Å². The van der Waals surface area contributed by atoms with Gasteiger partial charge in [0, 0.05) is 24.4 Å². The maximum Gasteiger partial charge on any atom is 0.194 e. The number of benzene rings is 1. The summed E-state index contributed by atoms with van der Waals surface area (Å²) in [5.74, 6) is -3.84. The van der Waals surface area contributed by atoms with E-state index >= 15 is 0 Å². The van der Waals surface area contributed by atoms with Crippen molar-refractivity contribution in [1.29, 1.82) is 0 Å². The summed E-state index contributed by atoms with van der Waals surface area (Å²) in [6.45, 7) is 0. The summed E-state index contributed by atoms with van der Waals surface area (Å²) in [6.07, 6.45) is 3.23. The highest BCUT2D eigenvalue weighted by Gasteiger charge is 2.21. The van der Waals surface area contributed by atoms with E-state index in [-0.39, 0.29) is 5.56 Å². The monoisotopic (exact) mass is 255 g/mol. The summed E-state index contributed by atoms with van der Waals surface area (Å²) >= 11 is 0. The molecule has 1 N–H and O–H groups in total. The first-order chi connectivity index (χ1) is 8.54. The second-order valence-corrected chi connectivity index (χ2v) is 3.93. The number of aryl methyl sites for hydroxylation is 1. The summed E-state index contributed by atoms with van der Waals surface area (Å²) in [6, 6.07) is 1.56. The molecule has 0 aliphatic heterocycles. The van der Waals surface area contributed by atoms with E-state index in [0.29, 0.717) is 5.56 Å². The van der Waals surface area contributed by atoms with Gasteiger partial charge in [-0.3, -0.25) is 4.68 Å². The van der Waals surface area contributed by atoms with Crippen molar-refractivity contribution in [2.75, 3.05) is 7.05 Å². The van der Waals surface area contributed by atoms with Gasteiger partial charge < -0.3 is 5.32 Å². The zero-order valence-electron chi connectivity index (χ0n) is 9.92. The van der Waals surface area contributed by atoms with Gasteiger partial charge in [-0.2, -0.15) is 5.10 Å². The summed E-state index contributed by atoms with van der Waals surface area (Å²) in [7, 11) is 3.33. The lowest BCUT2D eigenvalue weighted by molar-refractivity contribution is 0.435. The van der Waals surface area contributed by atoms with E-state index in [0.717, 1.165) is 6.07 Å². The van der Waals surface area contributed by atoms with E-state index in [2.05, 4.69) is 10.4 Å². The molecular formula is C12H12F3N3. The Hall–Kier alpha value is -1.82. The molecule has 1 aromatic carbocycles. The number of nitrogens with one attached hydrogen (secondary N) is 1. The molecule has 0 saturated carbocycles. The van der Waals surface area contributed by atoms with Gasteiger partial charge in [0.15, 0.2) is 17.5 Å². The van der Waals surface area contributed by atoms with E-state index in [9.17, 15) is 13.2 Å². The Bertz CT molecular complexity index is 566. The van der Waals surface area contributed by atoms with Crippen molar-refractivity contribution in [3.05, 3.63) is 53.1 Å². The molecule has 2 aromatic rings. The summed E-state index contributed by atoms with van der Waals surface area (Å²) < 4.78 is 41.4. The molecule has 0 spiro atoms. The molecule has 1 atom stereocenters. The van der Waals surface area contributed by atoms with Gasteiger partial charge in [-0.1, -0.05) is 6.07 Å². The number of nitrogens with zero attached hydrogens (tertiary/aromatic N) is 2.